The van der Waals surface area contributed by atoms with Crippen LogP contribution in [0.25, 0.3) is 0 Å². The first-order valence-corrected chi connectivity index (χ1v) is 14.3. The number of nitrogens with zero attached hydrogens (tertiary/aromatic N) is 2. The second-order valence-electron chi connectivity index (χ2n) is 9.54. The van der Waals surface area contributed by atoms with Gasteiger partial charge in [0.05, 0.1) is 0 Å². The minimum atomic E-state index is -1.38. The van der Waals surface area contributed by atoms with E-state index in [1.165, 1.54) is 0 Å². The van der Waals surface area contributed by atoms with Gasteiger partial charge in [-0.1, -0.05) is 0 Å². The van der Waals surface area contributed by atoms with Crippen LogP contribution in [0.15, 0.2) is 0 Å². The predicted molar refractivity (Wildman–Crippen MR) is 92.5 cm³/mol. The fourth-order valence-corrected chi connectivity index (χ4v) is 7.88. The van der Waals surface area contributed by atoms with E-state index >= 15 is 0 Å². The van der Waals surface area contributed by atoms with Crippen molar-refractivity contribution in [2.24, 2.45) is 0 Å². The Hall–Kier alpha value is 0.0987. The van der Waals surface area contributed by atoms with Crippen LogP contribution in [0.1, 0.15) is 41.5 Å². The normalized spacial score (nSPS) is 14.1. The van der Waals surface area contributed by atoms with Crippen LogP contribution in [0, 0.1) is 0 Å². The summed E-state index contributed by atoms with van der Waals surface area (Å²) in [5.74, 6) is 0. The van der Waals surface area contributed by atoms with Gasteiger partial charge in [0.1, 0.15) is 0 Å². The van der Waals surface area contributed by atoms with Gasteiger partial charge in [-0.05, 0) is 0 Å². The molecule has 112 valence electrons. The van der Waals surface area contributed by atoms with Gasteiger partial charge in [-0.3, -0.25) is 0 Å². The topological polar surface area (TPSA) is 6.02 Å². The van der Waals surface area contributed by atoms with Crippen LogP contribution in [0.2, 0.25) is 39.3 Å². The number of hydrogen-bond donors (Lipinski definition) is 0. The van der Waals surface area contributed by atoms with Crippen molar-refractivity contribution < 1.29 is 8.29 Å². The summed E-state index contributed by atoms with van der Waals surface area (Å²) in [6.45, 7) is 31.0. The van der Waals surface area contributed by atoms with Crippen molar-refractivity contribution in [2.45, 2.75) is 91.9 Å². The summed E-state index contributed by atoms with van der Waals surface area (Å²) in [5, 5.41) is 0. The first-order chi connectivity index (χ1) is 7.97. The summed E-state index contributed by atoms with van der Waals surface area (Å²) in [6, 6.07) is 0. The van der Waals surface area contributed by atoms with Crippen molar-refractivity contribution in [3.8, 4) is 0 Å². The Kier molecular flexibility index (Phi) is 5.50. The van der Waals surface area contributed by atoms with Gasteiger partial charge in [-0.2, -0.15) is 0 Å². The molecule has 0 amide bonds. The summed E-state index contributed by atoms with van der Waals surface area (Å²) >= 11 is 0. The van der Waals surface area contributed by atoms with E-state index in [0.717, 1.165) is 0 Å². The average Bonchev–Trinajstić information content (AvgIpc) is 1.91. The summed E-state index contributed by atoms with van der Waals surface area (Å²) in [7, 11) is -2.77. The molecule has 0 rings (SSSR count). The van der Waals surface area contributed by atoms with E-state index in [-0.39, 0.29) is 11.1 Å². The van der Waals surface area contributed by atoms with Gasteiger partial charge in [0.2, 0.25) is 0 Å². The first kappa shape index (κ1) is 19.1. The molecule has 0 heterocycles. The zero-order valence-corrected chi connectivity index (χ0v) is 17.5. The molecule has 0 aliphatic carbocycles. The van der Waals surface area contributed by atoms with Gasteiger partial charge in [0.15, 0.2) is 0 Å². The summed E-state index contributed by atoms with van der Waals surface area (Å²) in [4.78, 5) is 0. The third-order valence-corrected chi connectivity index (χ3v) is 7.59. The first-order valence-electron chi connectivity index (χ1n) is 7.41. The fraction of sp³-hybridized carbons (Fsp3) is 1.00. The molecule has 0 aromatic heterocycles. The van der Waals surface area contributed by atoms with Crippen molar-refractivity contribution in [3.63, 3.8) is 0 Å². The molecule has 0 aromatic carbocycles. The Balaban J connectivity index is 6.49. The standard InChI is InChI=1S/C14H36BN2Si2/c1-13(2,3)16(18(7,8)9)15-17(14(4,5)6)19(10,11)12/h1-12H3/q+1. The molecular formula is C14H36BN2Si2+. The Bertz CT molecular complexity index is 327. The molecule has 19 heavy (non-hydrogen) atoms. The quantitative estimate of drug-likeness (QED) is 0.669. The summed E-state index contributed by atoms with van der Waals surface area (Å²) < 4.78 is 5.28. The molecule has 0 unspecified atom stereocenters. The van der Waals surface area contributed by atoms with E-state index in [2.05, 4.69) is 96.0 Å². The Labute approximate surface area is 124 Å². The van der Waals surface area contributed by atoms with E-state index < -0.39 is 16.5 Å². The minimum absolute atomic E-state index is 0.188. The molecule has 0 saturated carbocycles. The number of hydrogen-bond acceptors (Lipinski definition) is 0. The molecule has 0 spiro atoms. The molecular weight excluding hydrogens is 263 g/mol. The molecule has 0 bridgehead atoms. The zero-order chi connectivity index (χ0) is 15.9. The molecule has 0 radical (unpaired) electrons. The third kappa shape index (κ3) is 5.94. The molecule has 0 atom stereocenters. The van der Waals surface area contributed by atoms with Crippen LogP contribution < -0.4 is 0 Å². The van der Waals surface area contributed by atoms with Crippen LogP contribution in [0.4, 0.5) is 0 Å². The molecule has 0 aliphatic rings. The zero-order valence-electron chi connectivity index (χ0n) is 15.5. The van der Waals surface area contributed by atoms with Gasteiger partial charge in [-0.25, -0.2) is 0 Å². The second kappa shape index (κ2) is 5.47. The van der Waals surface area contributed by atoms with E-state index in [9.17, 15) is 0 Å². The van der Waals surface area contributed by atoms with Crippen LogP contribution in [-0.4, -0.2) is 42.7 Å². The molecule has 0 aromatic rings. The van der Waals surface area contributed by atoms with Crippen LogP contribution in [0.3, 0.4) is 0 Å². The molecule has 5 heteroatoms. The Morgan fingerprint density at radius 2 is 0.789 bits per heavy atom. The van der Waals surface area contributed by atoms with Gasteiger partial charge >= 0.3 is 124 Å². The summed E-state index contributed by atoms with van der Waals surface area (Å²) in [6.07, 6.45) is 0. The summed E-state index contributed by atoms with van der Waals surface area (Å²) in [5.41, 5.74) is 0.376. The third-order valence-electron chi connectivity index (χ3n) is 3.12. The molecule has 0 N–H and O–H groups in total. The van der Waals surface area contributed by atoms with E-state index in [1.807, 2.05) is 0 Å². The van der Waals surface area contributed by atoms with Crippen molar-refractivity contribution >= 4 is 23.3 Å². The monoisotopic (exact) mass is 299 g/mol. The average molecular weight is 299 g/mol. The van der Waals surface area contributed by atoms with Gasteiger partial charge < -0.3 is 0 Å². The van der Waals surface area contributed by atoms with E-state index in [0.29, 0.717) is 0 Å². The van der Waals surface area contributed by atoms with E-state index in [1.54, 1.807) is 0 Å². The Morgan fingerprint density at radius 1 is 0.579 bits per heavy atom. The fourth-order valence-electron chi connectivity index (χ4n) is 2.82. The molecule has 2 nitrogen and oxygen atoms in total. The van der Waals surface area contributed by atoms with Gasteiger partial charge in [-0.15, -0.1) is 0 Å². The van der Waals surface area contributed by atoms with Crippen molar-refractivity contribution in [2.75, 3.05) is 0 Å². The molecule has 0 saturated heterocycles. The number of rotatable bonds is 2. The maximum atomic E-state index is 2.64. The molecule has 0 aliphatic heterocycles. The van der Waals surface area contributed by atoms with Crippen LogP contribution in [0.5, 0.6) is 0 Å². The second-order valence-corrected chi connectivity index (χ2v) is 19.2. The Morgan fingerprint density at radius 3 is 0.895 bits per heavy atom. The van der Waals surface area contributed by atoms with Gasteiger partial charge in [0, 0.05) is 0 Å². The van der Waals surface area contributed by atoms with Crippen LogP contribution in [-0.2, 0) is 0 Å². The SMILES string of the molecule is CC(C)(C)[N+](=[B-]=[N+](C(C)(C)C)[Si](C)(C)C)[Si](C)(C)C. The van der Waals surface area contributed by atoms with Crippen molar-refractivity contribution in [3.05, 3.63) is 0 Å². The predicted octanol–water partition coefficient (Wildman–Crippen LogP) is 4.35. The van der Waals surface area contributed by atoms with Crippen LogP contribution >= 0.6 is 0 Å². The van der Waals surface area contributed by atoms with Gasteiger partial charge in [0.25, 0.3) is 0 Å². The van der Waals surface area contributed by atoms with Crippen molar-refractivity contribution in [1.29, 1.82) is 0 Å². The van der Waals surface area contributed by atoms with E-state index in [4.69, 9.17) is 0 Å². The maximum absolute atomic E-state index is 2.64. The van der Waals surface area contributed by atoms with Crippen molar-refractivity contribution in [1.82, 2.24) is 0 Å². The molecule has 0 fully saturated rings.